The predicted octanol–water partition coefficient (Wildman–Crippen LogP) is 1.59. The van der Waals surface area contributed by atoms with Gasteiger partial charge < -0.3 is 10.2 Å². The van der Waals surface area contributed by atoms with Gasteiger partial charge in [-0.1, -0.05) is 27.7 Å². The third kappa shape index (κ3) is 4.41. The van der Waals surface area contributed by atoms with E-state index in [1.54, 1.807) is 4.90 Å². The van der Waals surface area contributed by atoms with Crippen LogP contribution >= 0.6 is 0 Å². The average molecular weight is 254 g/mol. The Hall–Kier alpha value is -0.900. The average Bonchev–Trinajstić information content (AvgIpc) is 2.43. The number of rotatable bonds is 5. The molecule has 1 heterocycles. The van der Waals surface area contributed by atoms with Gasteiger partial charge in [0.2, 0.25) is 5.91 Å². The highest BCUT2D eigenvalue weighted by molar-refractivity contribution is 5.89. The number of hydrogen-bond donors (Lipinski definition) is 1. The summed E-state index contributed by atoms with van der Waals surface area (Å²) in [6, 6.07) is 0.173. The van der Waals surface area contributed by atoms with Crippen LogP contribution < -0.4 is 5.32 Å². The first-order valence-corrected chi connectivity index (χ1v) is 6.99. The summed E-state index contributed by atoms with van der Waals surface area (Å²) >= 11 is 0. The molecule has 0 aromatic rings. The minimum absolute atomic E-state index is 0.00226. The monoisotopic (exact) mass is 254 g/mol. The van der Waals surface area contributed by atoms with Gasteiger partial charge in [0.05, 0.1) is 12.6 Å². The van der Waals surface area contributed by atoms with Gasteiger partial charge in [-0.2, -0.15) is 0 Å². The number of amides is 1. The molecular formula is C14H26N2O2. The molecule has 1 N–H and O–H groups in total. The first kappa shape index (κ1) is 15.2. The Bertz CT molecular complexity index is 300. The first-order valence-electron chi connectivity index (χ1n) is 6.99. The molecule has 18 heavy (non-hydrogen) atoms. The van der Waals surface area contributed by atoms with E-state index in [1.165, 1.54) is 0 Å². The highest BCUT2D eigenvalue weighted by atomic mass is 16.2. The standard InChI is InChI=1S/C14H26N2O2/c1-10(2)13(17)9-16-8-6-5-7-12(14(16)18)15-11(3)4/h10-12,15H,5-9H2,1-4H3/t12-/m1/s1. The van der Waals surface area contributed by atoms with Gasteiger partial charge in [-0.15, -0.1) is 0 Å². The lowest BCUT2D eigenvalue weighted by Crippen LogP contribution is -2.49. The maximum absolute atomic E-state index is 12.4. The van der Waals surface area contributed by atoms with E-state index in [0.717, 1.165) is 19.3 Å². The van der Waals surface area contributed by atoms with Crippen molar-refractivity contribution >= 4 is 11.7 Å². The molecule has 1 aliphatic rings. The molecule has 1 amide bonds. The lowest BCUT2D eigenvalue weighted by atomic mass is 10.1. The van der Waals surface area contributed by atoms with Crippen LogP contribution in [0.3, 0.4) is 0 Å². The minimum Gasteiger partial charge on any atom is -0.334 e. The second-order valence-electron chi connectivity index (χ2n) is 5.75. The fourth-order valence-corrected chi connectivity index (χ4v) is 2.19. The van der Waals surface area contributed by atoms with Gasteiger partial charge in [0.1, 0.15) is 0 Å². The van der Waals surface area contributed by atoms with Crippen molar-refractivity contribution in [2.45, 2.75) is 59.0 Å². The largest absolute Gasteiger partial charge is 0.334 e. The second-order valence-corrected chi connectivity index (χ2v) is 5.75. The molecule has 0 saturated carbocycles. The van der Waals surface area contributed by atoms with E-state index in [1.807, 2.05) is 27.7 Å². The summed E-state index contributed by atoms with van der Waals surface area (Å²) in [7, 11) is 0. The number of nitrogens with one attached hydrogen (secondary N) is 1. The van der Waals surface area contributed by atoms with Crippen LogP contribution in [0.2, 0.25) is 0 Å². The molecule has 1 rings (SSSR count). The lowest BCUT2D eigenvalue weighted by Gasteiger charge is -2.26. The molecule has 0 unspecified atom stereocenters. The Morgan fingerprint density at radius 2 is 2.00 bits per heavy atom. The van der Waals surface area contributed by atoms with E-state index in [0.29, 0.717) is 12.6 Å². The first-order chi connectivity index (χ1) is 8.41. The maximum atomic E-state index is 12.4. The molecule has 104 valence electrons. The lowest BCUT2D eigenvalue weighted by molar-refractivity contribution is -0.137. The zero-order valence-electron chi connectivity index (χ0n) is 12.0. The van der Waals surface area contributed by atoms with Crippen molar-refractivity contribution in [3.05, 3.63) is 0 Å². The van der Waals surface area contributed by atoms with Crippen LogP contribution in [0.15, 0.2) is 0 Å². The van der Waals surface area contributed by atoms with E-state index < -0.39 is 0 Å². The van der Waals surface area contributed by atoms with Crippen molar-refractivity contribution in [2.75, 3.05) is 13.1 Å². The molecule has 1 fully saturated rings. The van der Waals surface area contributed by atoms with Crippen LogP contribution in [0.4, 0.5) is 0 Å². The molecule has 0 aromatic carbocycles. The molecule has 0 aromatic heterocycles. The summed E-state index contributed by atoms with van der Waals surface area (Å²) in [5.41, 5.74) is 0. The van der Waals surface area contributed by atoms with Gasteiger partial charge in [-0.05, 0) is 19.3 Å². The van der Waals surface area contributed by atoms with E-state index in [2.05, 4.69) is 5.32 Å². The number of hydrogen-bond acceptors (Lipinski definition) is 3. The molecule has 0 bridgehead atoms. The number of carbonyl (C=O) groups is 2. The van der Waals surface area contributed by atoms with E-state index in [-0.39, 0.29) is 30.2 Å². The Morgan fingerprint density at radius 1 is 1.33 bits per heavy atom. The van der Waals surface area contributed by atoms with Gasteiger partial charge in [-0.3, -0.25) is 9.59 Å². The van der Waals surface area contributed by atoms with E-state index >= 15 is 0 Å². The summed E-state index contributed by atoms with van der Waals surface area (Å²) in [5, 5.41) is 3.30. The van der Waals surface area contributed by atoms with Crippen LogP contribution in [0, 0.1) is 5.92 Å². The Morgan fingerprint density at radius 3 is 2.56 bits per heavy atom. The van der Waals surface area contributed by atoms with E-state index in [9.17, 15) is 9.59 Å². The molecule has 0 radical (unpaired) electrons. The van der Waals surface area contributed by atoms with Crippen LogP contribution in [0.25, 0.3) is 0 Å². The second kappa shape index (κ2) is 6.88. The van der Waals surface area contributed by atoms with Crippen LogP contribution in [0.1, 0.15) is 47.0 Å². The highest BCUT2D eigenvalue weighted by Gasteiger charge is 2.28. The molecule has 4 heteroatoms. The van der Waals surface area contributed by atoms with Gasteiger partial charge in [0.25, 0.3) is 0 Å². The molecule has 0 aliphatic carbocycles. The van der Waals surface area contributed by atoms with Crippen molar-refractivity contribution in [2.24, 2.45) is 5.92 Å². The van der Waals surface area contributed by atoms with Gasteiger partial charge in [0.15, 0.2) is 5.78 Å². The SMILES string of the molecule is CC(C)N[C@@H]1CCCCN(CC(=O)C(C)C)C1=O. The third-order valence-corrected chi connectivity index (χ3v) is 3.31. The van der Waals surface area contributed by atoms with Crippen molar-refractivity contribution < 1.29 is 9.59 Å². The summed E-state index contributed by atoms with van der Waals surface area (Å²) in [4.78, 5) is 25.9. The Kier molecular flexibility index (Phi) is 5.79. The zero-order valence-corrected chi connectivity index (χ0v) is 12.0. The number of ketones is 1. The minimum atomic E-state index is -0.118. The quantitative estimate of drug-likeness (QED) is 0.810. The summed E-state index contributed by atoms with van der Waals surface area (Å²) in [5.74, 6) is 0.237. The highest BCUT2D eigenvalue weighted by Crippen LogP contribution is 2.13. The van der Waals surface area contributed by atoms with Gasteiger partial charge in [-0.25, -0.2) is 0 Å². The molecule has 4 nitrogen and oxygen atoms in total. The van der Waals surface area contributed by atoms with Crippen molar-refractivity contribution in [3.8, 4) is 0 Å². The fourth-order valence-electron chi connectivity index (χ4n) is 2.19. The number of Topliss-reactive ketones (excluding diaryl/α,β-unsaturated/α-hetero) is 1. The molecule has 1 saturated heterocycles. The molecule has 0 spiro atoms. The normalized spacial score (nSPS) is 21.6. The maximum Gasteiger partial charge on any atom is 0.240 e. The van der Waals surface area contributed by atoms with E-state index in [4.69, 9.17) is 0 Å². The van der Waals surface area contributed by atoms with Crippen molar-refractivity contribution in [1.29, 1.82) is 0 Å². The van der Waals surface area contributed by atoms with Crippen LogP contribution in [-0.2, 0) is 9.59 Å². The summed E-state index contributed by atoms with van der Waals surface area (Å²) in [6.45, 7) is 8.84. The number of nitrogens with zero attached hydrogens (tertiary/aromatic N) is 1. The third-order valence-electron chi connectivity index (χ3n) is 3.31. The number of carbonyl (C=O) groups excluding carboxylic acids is 2. The van der Waals surface area contributed by atoms with Crippen molar-refractivity contribution in [1.82, 2.24) is 10.2 Å². The van der Waals surface area contributed by atoms with Gasteiger partial charge >= 0.3 is 0 Å². The molecular weight excluding hydrogens is 228 g/mol. The topological polar surface area (TPSA) is 49.4 Å². The molecule has 1 aliphatic heterocycles. The fraction of sp³-hybridized carbons (Fsp3) is 0.857. The van der Waals surface area contributed by atoms with Crippen molar-refractivity contribution in [3.63, 3.8) is 0 Å². The van der Waals surface area contributed by atoms with Crippen LogP contribution in [-0.4, -0.2) is 41.8 Å². The van der Waals surface area contributed by atoms with Gasteiger partial charge in [0, 0.05) is 18.5 Å². The smallest absolute Gasteiger partial charge is 0.240 e. The summed E-state index contributed by atoms with van der Waals surface area (Å²) in [6.07, 6.45) is 2.92. The molecule has 1 atom stereocenters. The zero-order chi connectivity index (χ0) is 13.7. The Balaban J connectivity index is 2.66. The predicted molar refractivity (Wildman–Crippen MR) is 72.3 cm³/mol. The number of likely N-dealkylation sites (tertiary alicyclic amines) is 1. The van der Waals surface area contributed by atoms with Crippen LogP contribution in [0.5, 0.6) is 0 Å². The summed E-state index contributed by atoms with van der Waals surface area (Å²) < 4.78 is 0. The Labute approximate surface area is 110 Å².